The fourth-order valence-electron chi connectivity index (χ4n) is 2.65. The van der Waals surface area contributed by atoms with E-state index in [1.807, 2.05) is 0 Å². The second-order valence-electron chi connectivity index (χ2n) is 5.84. The normalized spacial score (nSPS) is 25.1. The first kappa shape index (κ1) is 11.7. The third-order valence-corrected chi connectivity index (χ3v) is 4.39. The van der Waals surface area contributed by atoms with Gasteiger partial charge >= 0.3 is 0 Å². The van der Waals surface area contributed by atoms with E-state index in [0.717, 1.165) is 12.5 Å². The molecular weight excluding hydrogens is 198 g/mol. The molecule has 2 rings (SSSR count). The predicted molar refractivity (Wildman–Crippen MR) is 68.4 cm³/mol. The van der Waals surface area contributed by atoms with Gasteiger partial charge in [0.2, 0.25) is 0 Å². The molecule has 2 fully saturated rings. The molecule has 2 aliphatic rings. The van der Waals surface area contributed by atoms with E-state index in [1.54, 1.807) is 0 Å². The Balaban J connectivity index is 1.78. The highest BCUT2D eigenvalue weighted by Gasteiger charge is 2.45. The van der Waals surface area contributed by atoms with Gasteiger partial charge in [0.25, 0.3) is 0 Å². The van der Waals surface area contributed by atoms with Crippen LogP contribution < -0.4 is 11.1 Å². The van der Waals surface area contributed by atoms with Gasteiger partial charge in [-0.15, -0.1) is 0 Å². The van der Waals surface area contributed by atoms with E-state index in [2.05, 4.69) is 24.2 Å². The van der Waals surface area contributed by atoms with Crippen molar-refractivity contribution in [3.05, 3.63) is 0 Å². The van der Waals surface area contributed by atoms with Crippen molar-refractivity contribution in [2.24, 2.45) is 22.1 Å². The molecular formula is C13H25N3. The van der Waals surface area contributed by atoms with E-state index in [4.69, 9.17) is 5.73 Å². The molecule has 0 spiro atoms. The summed E-state index contributed by atoms with van der Waals surface area (Å²) < 4.78 is 0. The van der Waals surface area contributed by atoms with Gasteiger partial charge in [0.1, 0.15) is 0 Å². The number of hydrogen-bond acceptors (Lipinski definition) is 1. The van der Waals surface area contributed by atoms with Gasteiger partial charge in [-0.1, -0.05) is 26.7 Å². The summed E-state index contributed by atoms with van der Waals surface area (Å²) in [6.07, 6.45) is 7.83. The monoisotopic (exact) mass is 223 g/mol. The van der Waals surface area contributed by atoms with Crippen molar-refractivity contribution in [3.63, 3.8) is 0 Å². The second kappa shape index (κ2) is 4.64. The van der Waals surface area contributed by atoms with Crippen LogP contribution in [0.4, 0.5) is 0 Å². The number of nitrogens with two attached hydrogens (primary N) is 1. The van der Waals surface area contributed by atoms with Gasteiger partial charge in [0.15, 0.2) is 5.96 Å². The summed E-state index contributed by atoms with van der Waals surface area (Å²) in [5, 5.41) is 3.35. The molecule has 0 atom stereocenters. The maximum atomic E-state index is 5.93. The lowest BCUT2D eigenvalue weighted by Gasteiger charge is -2.18. The average Bonchev–Trinajstić information content (AvgIpc) is 2.88. The summed E-state index contributed by atoms with van der Waals surface area (Å²) in [7, 11) is 0. The Labute approximate surface area is 98.9 Å². The maximum absolute atomic E-state index is 5.93. The summed E-state index contributed by atoms with van der Waals surface area (Å²) in [6, 6.07) is 0.581. The number of rotatable bonds is 4. The van der Waals surface area contributed by atoms with E-state index in [0.29, 0.717) is 17.4 Å². The van der Waals surface area contributed by atoms with Crippen LogP contribution in [0, 0.1) is 11.3 Å². The molecule has 3 nitrogen and oxygen atoms in total. The van der Waals surface area contributed by atoms with Crippen LogP contribution in [0.5, 0.6) is 0 Å². The highest BCUT2D eigenvalue weighted by Crippen LogP contribution is 2.51. The first-order valence-corrected chi connectivity index (χ1v) is 6.69. The number of nitrogens with one attached hydrogen (secondary N) is 1. The molecule has 3 N–H and O–H groups in total. The topological polar surface area (TPSA) is 50.4 Å². The maximum Gasteiger partial charge on any atom is 0.188 e. The number of hydrogen-bond donors (Lipinski definition) is 2. The Morgan fingerprint density at radius 3 is 2.50 bits per heavy atom. The van der Waals surface area contributed by atoms with E-state index in [-0.39, 0.29) is 0 Å². The number of guanidine groups is 1. The first-order valence-electron chi connectivity index (χ1n) is 6.69. The minimum Gasteiger partial charge on any atom is -0.370 e. The molecule has 2 aliphatic carbocycles. The molecule has 0 aliphatic heterocycles. The summed E-state index contributed by atoms with van der Waals surface area (Å²) in [5.74, 6) is 1.40. The molecule has 16 heavy (non-hydrogen) atoms. The summed E-state index contributed by atoms with van der Waals surface area (Å²) >= 11 is 0. The van der Waals surface area contributed by atoms with Gasteiger partial charge in [-0.25, -0.2) is 0 Å². The quantitative estimate of drug-likeness (QED) is 0.567. The van der Waals surface area contributed by atoms with Crippen molar-refractivity contribution in [1.82, 2.24) is 5.32 Å². The smallest absolute Gasteiger partial charge is 0.188 e. The Hall–Kier alpha value is -0.730. The van der Waals surface area contributed by atoms with Crippen LogP contribution in [0.15, 0.2) is 4.99 Å². The molecule has 0 heterocycles. The lowest BCUT2D eigenvalue weighted by molar-refractivity contribution is 0.370. The SMILES string of the molecule is CC(C)C1(CN=C(N)NC2CCCC2)CC1. The van der Waals surface area contributed by atoms with Crippen LogP contribution in [0.25, 0.3) is 0 Å². The van der Waals surface area contributed by atoms with Gasteiger partial charge < -0.3 is 11.1 Å². The molecule has 0 aromatic heterocycles. The first-order chi connectivity index (χ1) is 7.62. The lowest BCUT2D eigenvalue weighted by atomic mass is 9.93. The van der Waals surface area contributed by atoms with Crippen molar-refractivity contribution < 1.29 is 0 Å². The van der Waals surface area contributed by atoms with Crippen LogP contribution in [-0.4, -0.2) is 18.5 Å². The van der Waals surface area contributed by atoms with Crippen LogP contribution >= 0.6 is 0 Å². The van der Waals surface area contributed by atoms with Crippen molar-refractivity contribution in [2.45, 2.75) is 58.4 Å². The number of aliphatic imine (C=N–C) groups is 1. The van der Waals surface area contributed by atoms with Crippen molar-refractivity contribution in [1.29, 1.82) is 0 Å². The van der Waals surface area contributed by atoms with Crippen LogP contribution in [0.3, 0.4) is 0 Å². The highest BCUT2D eigenvalue weighted by atomic mass is 15.1. The predicted octanol–water partition coefficient (Wildman–Crippen LogP) is 2.27. The van der Waals surface area contributed by atoms with E-state index < -0.39 is 0 Å². The van der Waals surface area contributed by atoms with Crippen LogP contribution in [0.1, 0.15) is 52.4 Å². The molecule has 0 aromatic rings. The molecule has 0 saturated heterocycles. The molecule has 0 radical (unpaired) electrons. The summed E-state index contributed by atoms with van der Waals surface area (Å²) in [6.45, 7) is 5.50. The van der Waals surface area contributed by atoms with Gasteiger partial charge in [-0.05, 0) is 37.0 Å². The van der Waals surface area contributed by atoms with Crippen molar-refractivity contribution in [3.8, 4) is 0 Å². The van der Waals surface area contributed by atoms with E-state index in [9.17, 15) is 0 Å². The summed E-state index contributed by atoms with van der Waals surface area (Å²) in [4.78, 5) is 4.53. The van der Waals surface area contributed by atoms with Gasteiger partial charge in [0, 0.05) is 12.6 Å². The Morgan fingerprint density at radius 1 is 1.38 bits per heavy atom. The third-order valence-electron chi connectivity index (χ3n) is 4.39. The number of nitrogens with zero attached hydrogens (tertiary/aromatic N) is 1. The van der Waals surface area contributed by atoms with Crippen molar-refractivity contribution in [2.75, 3.05) is 6.54 Å². The summed E-state index contributed by atoms with van der Waals surface area (Å²) in [5.41, 5.74) is 6.40. The van der Waals surface area contributed by atoms with Crippen LogP contribution in [-0.2, 0) is 0 Å². The molecule has 0 unspecified atom stereocenters. The third kappa shape index (κ3) is 2.69. The Kier molecular flexibility index (Phi) is 3.41. The Bertz CT molecular complexity index is 260. The minimum absolute atomic E-state index is 0.474. The molecule has 2 saturated carbocycles. The van der Waals surface area contributed by atoms with Crippen molar-refractivity contribution >= 4 is 5.96 Å². The van der Waals surface area contributed by atoms with E-state index in [1.165, 1.54) is 38.5 Å². The fourth-order valence-corrected chi connectivity index (χ4v) is 2.65. The molecule has 0 bridgehead atoms. The van der Waals surface area contributed by atoms with Gasteiger partial charge in [0.05, 0.1) is 0 Å². The zero-order valence-electron chi connectivity index (χ0n) is 10.6. The zero-order chi connectivity index (χ0) is 11.6. The molecule has 0 aromatic carbocycles. The zero-order valence-corrected chi connectivity index (χ0v) is 10.6. The van der Waals surface area contributed by atoms with Gasteiger partial charge in [-0.3, -0.25) is 4.99 Å². The molecule has 3 heteroatoms. The standard InChI is InChI=1S/C13H25N3/c1-10(2)13(7-8-13)9-15-12(14)16-11-5-3-4-6-11/h10-11H,3-9H2,1-2H3,(H3,14,15,16). The second-order valence-corrected chi connectivity index (χ2v) is 5.84. The minimum atomic E-state index is 0.474. The molecule has 0 amide bonds. The lowest BCUT2D eigenvalue weighted by Crippen LogP contribution is -2.39. The van der Waals surface area contributed by atoms with Gasteiger partial charge in [-0.2, -0.15) is 0 Å². The average molecular weight is 223 g/mol. The Morgan fingerprint density at radius 2 is 2.00 bits per heavy atom. The highest BCUT2D eigenvalue weighted by molar-refractivity contribution is 5.78. The van der Waals surface area contributed by atoms with E-state index >= 15 is 0 Å². The fraction of sp³-hybridized carbons (Fsp3) is 0.923. The molecule has 92 valence electrons. The largest absolute Gasteiger partial charge is 0.370 e. The van der Waals surface area contributed by atoms with Crippen LogP contribution in [0.2, 0.25) is 0 Å².